The fraction of sp³-hybridized carbons (Fsp3) is 0.471. The number of allylic oxidation sites excluding steroid dienone is 1. The fourth-order valence-corrected chi connectivity index (χ4v) is 1.95. The molecular weight excluding hydrogens is 220 g/mol. The Bertz CT molecular complexity index is 362. The second-order valence-electron chi connectivity index (χ2n) is 4.91. The Morgan fingerprint density at radius 3 is 2.50 bits per heavy atom. The van der Waals surface area contributed by atoms with Crippen LogP contribution < -0.4 is 0 Å². The van der Waals surface area contributed by atoms with Gasteiger partial charge in [-0.05, 0) is 38.2 Å². The third-order valence-electron chi connectivity index (χ3n) is 3.18. The first kappa shape index (κ1) is 14.7. The first-order chi connectivity index (χ1) is 8.72. The van der Waals surface area contributed by atoms with E-state index < -0.39 is 0 Å². The van der Waals surface area contributed by atoms with Crippen molar-refractivity contribution in [2.24, 2.45) is 0 Å². The van der Waals surface area contributed by atoms with Crippen molar-refractivity contribution in [3.63, 3.8) is 0 Å². The van der Waals surface area contributed by atoms with Crippen molar-refractivity contribution < 1.29 is 4.79 Å². The lowest BCUT2D eigenvalue weighted by atomic mass is 10.0. The van der Waals surface area contributed by atoms with Gasteiger partial charge in [-0.2, -0.15) is 0 Å². The van der Waals surface area contributed by atoms with Crippen molar-refractivity contribution in [2.45, 2.75) is 51.9 Å². The molecule has 0 bridgehead atoms. The summed E-state index contributed by atoms with van der Waals surface area (Å²) in [5.74, 6) is 0.397. The summed E-state index contributed by atoms with van der Waals surface area (Å²) in [4.78, 5) is 11.7. The zero-order valence-electron chi connectivity index (χ0n) is 11.5. The minimum atomic E-state index is 0.397. The molecule has 0 spiro atoms. The minimum Gasteiger partial charge on any atom is -0.300 e. The second-order valence-corrected chi connectivity index (χ2v) is 4.91. The number of rotatable bonds is 9. The largest absolute Gasteiger partial charge is 0.300 e. The SMILES string of the molecule is C=CCCCCCC(=O)CCc1ccc(C)cc1. The highest BCUT2D eigenvalue weighted by molar-refractivity contribution is 5.78. The number of hydrogen-bond donors (Lipinski definition) is 0. The molecule has 0 saturated heterocycles. The zero-order chi connectivity index (χ0) is 13.2. The van der Waals surface area contributed by atoms with Crippen LogP contribution in [0.4, 0.5) is 0 Å². The highest BCUT2D eigenvalue weighted by Crippen LogP contribution is 2.09. The standard InChI is InChI=1S/C17H24O/c1-3-4-5-6-7-8-17(18)14-13-16-11-9-15(2)10-12-16/h3,9-12H,1,4-8,13-14H2,2H3. The summed E-state index contributed by atoms with van der Waals surface area (Å²) >= 11 is 0. The van der Waals surface area contributed by atoms with Gasteiger partial charge in [0, 0.05) is 12.8 Å². The van der Waals surface area contributed by atoms with Crippen LogP contribution >= 0.6 is 0 Å². The van der Waals surface area contributed by atoms with Gasteiger partial charge in [-0.15, -0.1) is 6.58 Å². The monoisotopic (exact) mass is 244 g/mol. The Morgan fingerprint density at radius 1 is 1.11 bits per heavy atom. The molecule has 0 unspecified atom stereocenters. The van der Waals surface area contributed by atoms with Crippen molar-refractivity contribution in [1.82, 2.24) is 0 Å². The average Bonchev–Trinajstić information content (AvgIpc) is 2.38. The van der Waals surface area contributed by atoms with E-state index in [0.29, 0.717) is 12.2 Å². The molecule has 98 valence electrons. The van der Waals surface area contributed by atoms with E-state index in [4.69, 9.17) is 0 Å². The molecular formula is C17H24O. The number of hydrogen-bond acceptors (Lipinski definition) is 1. The highest BCUT2D eigenvalue weighted by atomic mass is 16.1. The van der Waals surface area contributed by atoms with Crippen LogP contribution in [0.3, 0.4) is 0 Å². The molecule has 0 N–H and O–H groups in total. The van der Waals surface area contributed by atoms with E-state index >= 15 is 0 Å². The summed E-state index contributed by atoms with van der Waals surface area (Å²) < 4.78 is 0. The first-order valence-electron chi connectivity index (χ1n) is 6.90. The molecule has 0 heterocycles. The Hall–Kier alpha value is -1.37. The summed E-state index contributed by atoms with van der Waals surface area (Å²) in [6, 6.07) is 8.45. The molecule has 0 fully saturated rings. The van der Waals surface area contributed by atoms with E-state index in [1.54, 1.807) is 0 Å². The number of unbranched alkanes of at least 4 members (excludes halogenated alkanes) is 3. The quantitative estimate of drug-likeness (QED) is 0.457. The van der Waals surface area contributed by atoms with Crippen LogP contribution in [-0.2, 0) is 11.2 Å². The van der Waals surface area contributed by atoms with E-state index in [-0.39, 0.29) is 0 Å². The molecule has 0 aromatic heterocycles. The lowest BCUT2D eigenvalue weighted by Crippen LogP contribution is -2.00. The lowest BCUT2D eigenvalue weighted by molar-refractivity contribution is -0.119. The van der Waals surface area contributed by atoms with Gasteiger partial charge in [0.2, 0.25) is 0 Å². The predicted molar refractivity (Wildman–Crippen MR) is 77.8 cm³/mol. The topological polar surface area (TPSA) is 17.1 Å². The number of aryl methyl sites for hydroxylation is 2. The third kappa shape index (κ3) is 6.39. The van der Waals surface area contributed by atoms with Crippen LogP contribution in [0, 0.1) is 6.92 Å². The van der Waals surface area contributed by atoms with Crippen molar-refractivity contribution in [2.75, 3.05) is 0 Å². The van der Waals surface area contributed by atoms with Gasteiger partial charge in [0.1, 0.15) is 5.78 Å². The summed E-state index contributed by atoms with van der Waals surface area (Å²) in [5.41, 5.74) is 2.54. The minimum absolute atomic E-state index is 0.397. The van der Waals surface area contributed by atoms with Gasteiger partial charge in [0.25, 0.3) is 0 Å². The van der Waals surface area contributed by atoms with Crippen LogP contribution in [0.15, 0.2) is 36.9 Å². The normalized spacial score (nSPS) is 10.3. The summed E-state index contributed by atoms with van der Waals surface area (Å²) in [7, 11) is 0. The number of carbonyl (C=O) groups is 1. The van der Waals surface area contributed by atoms with Gasteiger partial charge in [0.05, 0.1) is 0 Å². The zero-order valence-corrected chi connectivity index (χ0v) is 11.5. The maximum absolute atomic E-state index is 11.7. The lowest BCUT2D eigenvalue weighted by Gasteiger charge is -2.02. The van der Waals surface area contributed by atoms with Gasteiger partial charge in [-0.25, -0.2) is 0 Å². The summed E-state index contributed by atoms with van der Waals surface area (Å²) in [6.07, 6.45) is 8.65. The highest BCUT2D eigenvalue weighted by Gasteiger charge is 2.02. The average molecular weight is 244 g/mol. The number of ketones is 1. The van der Waals surface area contributed by atoms with Crippen molar-refractivity contribution in [3.05, 3.63) is 48.0 Å². The van der Waals surface area contributed by atoms with Crippen LogP contribution in [0.2, 0.25) is 0 Å². The molecule has 0 atom stereocenters. The van der Waals surface area contributed by atoms with Crippen LogP contribution in [-0.4, -0.2) is 5.78 Å². The molecule has 0 amide bonds. The van der Waals surface area contributed by atoms with Crippen LogP contribution in [0.1, 0.15) is 49.7 Å². The van der Waals surface area contributed by atoms with Crippen LogP contribution in [0.25, 0.3) is 0 Å². The molecule has 1 aromatic carbocycles. The summed E-state index contributed by atoms with van der Waals surface area (Å²) in [6.45, 7) is 5.78. The number of carbonyl (C=O) groups excluding carboxylic acids is 1. The van der Waals surface area contributed by atoms with Crippen molar-refractivity contribution >= 4 is 5.78 Å². The predicted octanol–water partition coefficient (Wildman–Crippen LogP) is 4.63. The smallest absolute Gasteiger partial charge is 0.133 e. The van der Waals surface area contributed by atoms with E-state index in [0.717, 1.165) is 38.5 Å². The van der Waals surface area contributed by atoms with Gasteiger partial charge < -0.3 is 0 Å². The molecule has 0 aliphatic carbocycles. The Morgan fingerprint density at radius 2 is 1.83 bits per heavy atom. The molecule has 1 nitrogen and oxygen atoms in total. The van der Waals surface area contributed by atoms with Crippen molar-refractivity contribution in [1.29, 1.82) is 0 Å². The third-order valence-corrected chi connectivity index (χ3v) is 3.18. The molecule has 1 heteroatoms. The van der Waals surface area contributed by atoms with Crippen molar-refractivity contribution in [3.8, 4) is 0 Å². The second kappa shape index (κ2) is 8.68. The van der Waals surface area contributed by atoms with E-state index in [1.807, 2.05) is 6.08 Å². The van der Waals surface area contributed by atoms with E-state index in [9.17, 15) is 4.79 Å². The first-order valence-corrected chi connectivity index (χ1v) is 6.90. The molecule has 0 aliphatic rings. The summed E-state index contributed by atoms with van der Waals surface area (Å²) in [5, 5.41) is 0. The van der Waals surface area contributed by atoms with Gasteiger partial charge in [0.15, 0.2) is 0 Å². The Labute approximate surface area is 111 Å². The maximum Gasteiger partial charge on any atom is 0.133 e. The molecule has 0 aliphatic heterocycles. The molecule has 0 radical (unpaired) electrons. The molecule has 1 rings (SSSR count). The Balaban J connectivity index is 2.13. The van der Waals surface area contributed by atoms with Crippen LogP contribution in [0.5, 0.6) is 0 Å². The van der Waals surface area contributed by atoms with E-state index in [2.05, 4.69) is 37.8 Å². The Kier molecular flexibility index (Phi) is 7.09. The number of benzene rings is 1. The molecule has 1 aromatic rings. The van der Waals surface area contributed by atoms with Gasteiger partial charge in [-0.1, -0.05) is 42.3 Å². The maximum atomic E-state index is 11.7. The van der Waals surface area contributed by atoms with E-state index in [1.165, 1.54) is 11.1 Å². The molecule has 18 heavy (non-hydrogen) atoms. The van der Waals surface area contributed by atoms with Gasteiger partial charge in [-0.3, -0.25) is 4.79 Å². The fourth-order valence-electron chi connectivity index (χ4n) is 1.95. The molecule has 0 saturated carbocycles. The number of Topliss-reactive ketones (excluding diaryl/α,β-unsaturated/α-hetero) is 1. The van der Waals surface area contributed by atoms with Gasteiger partial charge >= 0.3 is 0 Å².